The van der Waals surface area contributed by atoms with Gasteiger partial charge in [0.25, 0.3) is 0 Å². The normalized spacial score (nSPS) is 24.3. The number of hydrogen-bond donors (Lipinski definition) is 3. The smallest absolute Gasteiger partial charge is 0.355 e. The van der Waals surface area contributed by atoms with Gasteiger partial charge in [-0.2, -0.15) is 0 Å². The summed E-state index contributed by atoms with van der Waals surface area (Å²) in [7, 11) is 0. The number of benzene rings is 1. The lowest BCUT2D eigenvalue weighted by molar-refractivity contribution is 0.0691. The maximum atomic E-state index is 14.5. The SMILES string of the molecule is CCc1cc(F)cc2c1[nH]c1nc(Sc3nc(C(=O)O)cs3)nc(C3CC4CC(N)C4C3)c12. The fourth-order valence-corrected chi connectivity index (χ4v) is 7.20. The summed E-state index contributed by atoms with van der Waals surface area (Å²) in [5.41, 5.74) is 9.68. The van der Waals surface area contributed by atoms with Crippen molar-refractivity contribution in [1.82, 2.24) is 19.9 Å². The van der Waals surface area contributed by atoms with E-state index in [9.17, 15) is 14.3 Å². The lowest BCUT2D eigenvalue weighted by Gasteiger charge is -2.37. The lowest BCUT2D eigenvalue weighted by atomic mass is 9.72. The van der Waals surface area contributed by atoms with Gasteiger partial charge in [0.2, 0.25) is 0 Å². The topological polar surface area (TPSA) is 118 Å². The molecule has 3 aromatic heterocycles. The van der Waals surface area contributed by atoms with Crippen LogP contribution in [0.15, 0.2) is 27.0 Å². The zero-order chi connectivity index (χ0) is 22.9. The summed E-state index contributed by atoms with van der Waals surface area (Å²) in [6, 6.07) is 3.39. The van der Waals surface area contributed by atoms with E-state index in [1.165, 1.54) is 28.5 Å². The average Bonchev–Trinajstić information content (AvgIpc) is 3.48. The number of aromatic nitrogens is 4. The van der Waals surface area contributed by atoms with Crippen LogP contribution in [0.1, 0.15) is 53.8 Å². The molecule has 1 aromatic carbocycles. The first-order chi connectivity index (χ1) is 15.9. The van der Waals surface area contributed by atoms with E-state index in [1.54, 1.807) is 12.1 Å². The van der Waals surface area contributed by atoms with Gasteiger partial charge in [0.1, 0.15) is 11.5 Å². The van der Waals surface area contributed by atoms with Gasteiger partial charge in [-0.1, -0.05) is 6.92 Å². The van der Waals surface area contributed by atoms with Crippen molar-refractivity contribution in [2.75, 3.05) is 0 Å². The van der Waals surface area contributed by atoms with Crippen LogP contribution in [0.25, 0.3) is 21.9 Å². The summed E-state index contributed by atoms with van der Waals surface area (Å²) in [5.74, 6) is 0.0501. The predicted molar refractivity (Wildman–Crippen MR) is 125 cm³/mol. The summed E-state index contributed by atoms with van der Waals surface area (Å²) in [6.07, 6.45) is 3.75. The molecule has 33 heavy (non-hydrogen) atoms. The van der Waals surface area contributed by atoms with Gasteiger partial charge in [0.15, 0.2) is 15.2 Å². The van der Waals surface area contributed by atoms with Crippen LogP contribution < -0.4 is 5.73 Å². The molecule has 2 fully saturated rings. The molecule has 4 N–H and O–H groups in total. The largest absolute Gasteiger partial charge is 0.476 e. The summed E-state index contributed by atoms with van der Waals surface area (Å²) in [6.45, 7) is 2.01. The number of thiazole rings is 1. The third-order valence-electron chi connectivity index (χ3n) is 7.14. The number of halogens is 1. The van der Waals surface area contributed by atoms with Crippen LogP contribution in [-0.4, -0.2) is 37.1 Å². The first-order valence-electron chi connectivity index (χ1n) is 11.0. The molecule has 2 aliphatic rings. The molecule has 0 saturated heterocycles. The number of hydrogen-bond acceptors (Lipinski definition) is 7. The van der Waals surface area contributed by atoms with Crippen molar-refractivity contribution >= 4 is 51.0 Å². The van der Waals surface area contributed by atoms with Gasteiger partial charge in [-0.15, -0.1) is 11.3 Å². The minimum absolute atomic E-state index is 0.0128. The van der Waals surface area contributed by atoms with Gasteiger partial charge in [0.05, 0.1) is 11.2 Å². The van der Waals surface area contributed by atoms with Crippen molar-refractivity contribution in [2.24, 2.45) is 17.6 Å². The van der Waals surface area contributed by atoms with Gasteiger partial charge >= 0.3 is 5.97 Å². The fourth-order valence-electron chi connectivity index (χ4n) is 5.54. The second-order valence-corrected chi connectivity index (χ2v) is 11.1. The number of carboxylic acids is 1. The summed E-state index contributed by atoms with van der Waals surface area (Å²) in [5, 5.41) is 12.9. The van der Waals surface area contributed by atoms with E-state index in [1.807, 2.05) is 6.92 Å². The van der Waals surface area contributed by atoms with Crippen molar-refractivity contribution in [1.29, 1.82) is 0 Å². The Kier molecular flexibility index (Phi) is 4.93. The molecule has 4 unspecified atom stereocenters. The predicted octanol–water partition coefficient (Wildman–Crippen LogP) is 4.96. The van der Waals surface area contributed by atoms with E-state index in [-0.39, 0.29) is 23.5 Å². The Bertz CT molecular complexity index is 1420. The molecule has 0 amide bonds. The lowest BCUT2D eigenvalue weighted by Crippen LogP contribution is -2.44. The molecule has 2 saturated carbocycles. The molecule has 0 bridgehead atoms. The monoisotopic (exact) mass is 483 g/mol. The molecule has 3 heterocycles. The van der Waals surface area contributed by atoms with Crippen LogP contribution in [0.5, 0.6) is 0 Å². The van der Waals surface area contributed by atoms with Crippen molar-refractivity contribution in [3.63, 3.8) is 0 Å². The third kappa shape index (κ3) is 3.43. The van der Waals surface area contributed by atoms with Crippen molar-refractivity contribution in [3.05, 3.63) is 40.3 Å². The maximum absolute atomic E-state index is 14.5. The molecule has 4 atom stereocenters. The van der Waals surface area contributed by atoms with Crippen molar-refractivity contribution < 1.29 is 14.3 Å². The molecular formula is C23H22FN5O2S2. The second kappa shape index (κ2) is 7.75. The highest BCUT2D eigenvalue weighted by Gasteiger charge is 2.47. The highest BCUT2D eigenvalue weighted by Crippen LogP contribution is 2.53. The maximum Gasteiger partial charge on any atom is 0.355 e. The van der Waals surface area contributed by atoms with Crippen molar-refractivity contribution in [2.45, 2.75) is 54.1 Å². The van der Waals surface area contributed by atoms with Crippen LogP contribution in [0.4, 0.5) is 4.39 Å². The number of nitrogens with two attached hydrogens (primary N) is 1. The number of aryl methyl sites for hydroxylation is 1. The minimum atomic E-state index is -1.06. The Morgan fingerprint density at radius 1 is 1.30 bits per heavy atom. The number of nitrogens with one attached hydrogen (secondary N) is 1. The molecule has 4 aromatic rings. The number of nitrogens with zero attached hydrogens (tertiary/aromatic N) is 3. The molecule has 0 radical (unpaired) electrons. The number of aromatic carboxylic acids is 1. The molecule has 0 spiro atoms. The number of aromatic amines is 1. The first kappa shape index (κ1) is 21.0. The number of fused-ring (bicyclic) bond motifs is 4. The Labute approximate surface area is 197 Å². The molecular weight excluding hydrogens is 461 g/mol. The molecule has 170 valence electrons. The van der Waals surface area contributed by atoms with Gasteiger partial charge < -0.3 is 15.8 Å². The summed E-state index contributed by atoms with van der Waals surface area (Å²) >= 11 is 2.51. The Morgan fingerprint density at radius 3 is 2.85 bits per heavy atom. The number of carbonyl (C=O) groups is 1. The molecule has 0 aliphatic heterocycles. The molecule has 10 heteroatoms. The quantitative estimate of drug-likeness (QED) is 0.343. The van der Waals surface area contributed by atoms with Crippen LogP contribution in [0.3, 0.4) is 0 Å². The van der Waals surface area contributed by atoms with E-state index in [0.29, 0.717) is 33.4 Å². The van der Waals surface area contributed by atoms with Crippen LogP contribution >= 0.6 is 23.1 Å². The molecule has 6 rings (SSSR count). The van der Waals surface area contributed by atoms with E-state index in [2.05, 4.69) is 9.97 Å². The molecule has 7 nitrogen and oxygen atoms in total. The first-order valence-corrected chi connectivity index (χ1v) is 12.7. The molecule has 2 aliphatic carbocycles. The van der Waals surface area contributed by atoms with Crippen LogP contribution in [0.2, 0.25) is 0 Å². The Balaban J connectivity index is 1.51. The van der Waals surface area contributed by atoms with Gasteiger partial charge in [0, 0.05) is 28.1 Å². The second-order valence-electron chi connectivity index (χ2n) is 8.98. The van der Waals surface area contributed by atoms with E-state index in [4.69, 9.17) is 15.7 Å². The van der Waals surface area contributed by atoms with Crippen LogP contribution in [-0.2, 0) is 6.42 Å². The zero-order valence-electron chi connectivity index (χ0n) is 17.8. The summed E-state index contributed by atoms with van der Waals surface area (Å²) < 4.78 is 15.1. The third-order valence-corrected chi connectivity index (χ3v) is 8.94. The number of rotatable bonds is 5. The van der Waals surface area contributed by atoms with E-state index < -0.39 is 5.97 Å². The number of H-pyrrole nitrogens is 1. The van der Waals surface area contributed by atoms with Gasteiger partial charge in [-0.3, -0.25) is 0 Å². The average molecular weight is 484 g/mol. The standard InChI is InChI=1S/C23H22FN5O2S2/c1-2-9-4-12(24)7-14-17-19(11-3-10-6-15(25)13(10)5-11)28-22(29-20(17)27-18(9)14)33-23-26-16(8-32-23)21(30)31/h4,7-8,10-11,13,15H,2-3,5-6,25H2,1H3,(H,30,31)(H,27,28,29). The van der Waals surface area contributed by atoms with Crippen molar-refractivity contribution in [3.8, 4) is 0 Å². The van der Waals surface area contributed by atoms with E-state index >= 15 is 0 Å². The highest BCUT2D eigenvalue weighted by molar-refractivity contribution is 8.00. The fraction of sp³-hybridized carbons (Fsp3) is 0.391. The summed E-state index contributed by atoms with van der Waals surface area (Å²) in [4.78, 5) is 28.5. The van der Waals surface area contributed by atoms with Gasteiger partial charge in [-0.25, -0.2) is 24.1 Å². The van der Waals surface area contributed by atoms with E-state index in [0.717, 1.165) is 46.8 Å². The van der Waals surface area contributed by atoms with Gasteiger partial charge in [-0.05, 0) is 67.0 Å². The minimum Gasteiger partial charge on any atom is -0.476 e. The highest BCUT2D eigenvalue weighted by atomic mass is 32.2. The Hall–Kier alpha value is -2.56. The number of carboxylic acid groups (broad SMARTS) is 1. The van der Waals surface area contributed by atoms with Crippen LogP contribution in [0, 0.1) is 17.7 Å². The zero-order valence-corrected chi connectivity index (χ0v) is 19.5. The Morgan fingerprint density at radius 2 is 2.15 bits per heavy atom.